The first-order valence-electron chi connectivity index (χ1n) is 8.94. The number of benzene rings is 2. The largest absolute Gasteiger partial charge is 0.478 e. The number of fused-ring (bicyclic) bond motifs is 1. The molecule has 142 valence electrons. The van der Waals surface area contributed by atoms with E-state index in [2.05, 4.69) is 10.3 Å². The van der Waals surface area contributed by atoms with Crippen molar-refractivity contribution in [3.63, 3.8) is 0 Å². The molecule has 2 N–H and O–H groups in total. The van der Waals surface area contributed by atoms with E-state index >= 15 is 0 Å². The van der Waals surface area contributed by atoms with Crippen molar-refractivity contribution < 1.29 is 19.1 Å². The van der Waals surface area contributed by atoms with E-state index in [4.69, 9.17) is 0 Å². The van der Waals surface area contributed by atoms with Crippen LogP contribution in [0.4, 0.5) is 10.1 Å². The minimum absolute atomic E-state index is 0.0489. The number of carboxylic acid groups (broad SMARTS) is 1. The van der Waals surface area contributed by atoms with Gasteiger partial charge in [0, 0.05) is 24.6 Å². The summed E-state index contributed by atoms with van der Waals surface area (Å²) in [7, 11) is 0. The van der Waals surface area contributed by atoms with Gasteiger partial charge in [0.2, 0.25) is 0 Å². The maximum Gasteiger partial charge on any atom is 0.336 e. The number of aromatic nitrogens is 2. The lowest BCUT2D eigenvalue weighted by Crippen LogP contribution is -2.34. The molecule has 3 aromatic rings. The zero-order valence-corrected chi connectivity index (χ0v) is 15.1. The number of carbonyl (C=O) groups is 2. The molecule has 0 saturated heterocycles. The van der Waals surface area contributed by atoms with E-state index in [1.165, 1.54) is 18.2 Å². The van der Waals surface area contributed by atoms with Crippen LogP contribution in [0.3, 0.4) is 0 Å². The molecule has 1 aliphatic rings. The minimum Gasteiger partial charge on any atom is -0.478 e. The van der Waals surface area contributed by atoms with Crippen molar-refractivity contribution in [1.29, 1.82) is 0 Å². The molecule has 2 aromatic carbocycles. The van der Waals surface area contributed by atoms with Crippen LogP contribution in [-0.4, -0.2) is 26.4 Å². The molecular formula is C21H18FN3O3. The van der Waals surface area contributed by atoms with Crippen LogP contribution in [0.15, 0.2) is 54.9 Å². The highest BCUT2D eigenvalue weighted by Crippen LogP contribution is 2.43. The topological polar surface area (TPSA) is 84.2 Å². The maximum atomic E-state index is 13.5. The van der Waals surface area contributed by atoms with Crippen LogP contribution in [0, 0.1) is 5.82 Å². The van der Waals surface area contributed by atoms with E-state index in [1.54, 1.807) is 36.7 Å². The molecule has 4 rings (SSSR count). The smallest absolute Gasteiger partial charge is 0.336 e. The van der Waals surface area contributed by atoms with Crippen molar-refractivity contribution in [1.82, 2.24) is 9.55 Å². The van der Waals surface area contributed by atoms with E-state index in [9.17, 15) is 19.1 Å². The summed E-state index contributed by atoms with van der Waals surface area (Å²) in [6, 6.07) is 10.1. The fourth-order valence-corrected chi connectivity index (χ4v) is 3.75. The van der Waals surface area contributed by atoms with Crippen molar-refractivity contribution >= 4 is 17.4 Å². The van der Waals surface area contributed by atoms with Gasteiger partial charge in [-0.3, -0.25) is 4.79 Å². The molecule has 2 unspecified atom stereocenters. The number of aromatic carboxylic acids is 1. The van der Waals surface area contributed by atoms with Crippen LogP contribution in [0.2, 0.25) is 0 Å². The quantitative estimate of drug-likeness (QED) is 0.719. The fourth-order valence-electron chi connectivity index (χ4n) is 3.75. The van der Waals surface area contributed by atoms with Crippen LogP contribution >= 0.6 is 0 Å². The third-order valence-corrected chi connectivity index (χ3v) is 5.06. The van der Waals surface area contributed by atoms with Crippen molar-refractivity contribution in [2.45, 2.75) is 25.4 Å². The van der Waals surface area contributed by atoms with Gasteiger partial charge in [0.15, 0.2) is 5.78 Å². The highest BCUT2D eigenvalue weighted by Gasteiger charge is 2.41. The second-order valence-corrected chi connectivity index (χ2v) is 6.62. The van der Waals surface area contributed by atoms with Crippen LogP contribution in [0.5, 0.6) is 0 Å². The first kappa shape index (κ1) is 17.9. The van der Waals surface area contributed by atoms with Crippen LogP contribution in [0.1, 0.15) is 51.0 Å². The summed E-state index contributed by atoms with van der Waals surface area (Å²) in [5.41, 5.74) is 1.26. The van der Waals surface area contributed by atoms with Gasteiger partial charge in [0.25, 0.3) is 0 Å². The number of halogens is 1. The lowest BCUT2D eigenvalue weighted by atomic mass is 9.80. The Morgan fingerprint density at radius 3 is 2.68 bits per heavy atom. The number of carboxylic acids is 1. The normalized spacial score (nSPS) is 18.4. The molecule has 0 amide bonds. The summed E-state index contributed by atoms with van der Waals surface area (Å²) in [5, 5.41) is 12.8. The first-order chi connectivity index (χ1) is 13.5. The summed E-state index contributed by atoms with van der Waals surface area (Å²) in [4.78, 5) is 29.6. The van der Waals surface area contributed by atoms with E-state index in [0.717, 1.165) is 5.56 Å². The van der Waals surface area contributed by atoms with Crippen LogP contribution in [0.25, 0.3) is 0 Å². The lowest BCUT2D eigenvalue weighted by Gasteiger charge is -2.34. The summed E-state index contributed by atoms with van der Waals surface area (Å²) < 4.78 is 15.3. The predicted molar refractivity (Wildman–Crippen MR) is 101 cm³/mol. The molecule has 2 heterocycles. The van der Waals surface area contributed by atoms with Crippen LogP contribution < -0.4 is 5.32 Å². The molecular weight excluding hydrogens is 361 g/mol. The van der Waals surface area contributed by atoms with Gasteiger partial charge in [-0.15, -0.1) is 0 Å². The number of hydrogen-bond acceptors (Lipinski definition) is 4. The van der Waals surface area contributed by atoms with Gasteiger partial charge in [-0.25, -0.2) is 14.2 Å². The molecule has 1 aromatic heterocycles. The Kier molecular flexibility index (Phi) is 4.43. The monoisotopic (exact) mass is 379 g/mol. The third kappa shape index (κ3) is 2.85. The Balaban J connectivity index is 1.92. The van der Waals surface area contributed by atoms with Crippen LogP contribution in [-0.2, 0) is 6.54 Å². The summed E-state index contributed by atoms with van der Waals surface area (Å²) in [6.07, 6.45) is 3.40. The Morgan fingerprint density at radius 1 is 1.25 bits per heavy atom. The average molecular weight is 379 g/mol. The molecule has 0 spiro atoms. The number of hydrogen-bond donors (Lipinski definition) is 2. The number of anilines is 1. The highest BCUT2D eigenvalue weighted by atomic mass is 19.1. The van der Waals surface area contributed by atoms with Gasteiger partial charge in [0.05, 0.1) is 17.2 Å². The molecule has 0 radical (unpaired) electrons. The number of nitrogens with zero attached hydrogens (tertiary/aromatic N) is 2. The van der Waals surface area contributed by atoms with E-state index in [1.807, 2.05) is 11.5 Å². The predicted octanol–water partition coefficient (Wildman–Crippen LogP) is 3.87. The molecule has 28 heavy (non-hydrogen) atoms. The zero-order valence-electron chi connectivity index (χ0n) is 15.1. The number of ketones is 1. The lowest BCUT2D eigenvalue weighted by molar-refractivity contribution is 0.0690. The number of Topliss-reactive ketones (excluding diaryl/α,β-unsaturated/α-hetero) is 1. The SMILES string of the molecule is CCn1ccnc1C1C(=O)c2c(cccc2C(=O)O)NC1c1ccc(F)cc1. The van der Waals surface area contributed by atoms with Crippen molar-refractivity contribution in [3.05, 3.63) is 83.2 Å². The fraction of sp³-hybridized carbons (Fsp3) is 0.190. The van der Waals surface area contributed by atoms with Crippen molar-refractivity contribution in [3.8, 4) is 0 Å². The maximum absolute atomic E-state index is 13.5. The second kappa shape index (κ2) is 6.92. The van der Waals surface area contributed by atoms with Gasteiger partial charge in [-0.05, 0) is 36.8 Å². The van der Waals surface area contributed by atoms with Crippen molar-refractivity contribution in [2.75, 3.05) is 5.32 Å². The van der Waals surface area contributed by atoms with Gasteiger partial charge < -0.3 is 15.0 Å². The number of rotatable bonds is 4. The average Bonchev–Trinajstić information content (AvgIpc) is 3.16. The number of aryl methyl sites for hydroxylation is 1. The highest BCUT2D eigenvalue weighted by molar-refractivity contribution is 6.14. The molecule has 1 aliphatic heterocycles. The van der Waals surface area contributed by atoms with Gasteiger partial charge in [-0.1, -0.05) is 18.2 Å². The molecule has 0 bridgehead atoms. The van der Waals surface area contributed by atoms with E-state index in [-0.39, 0.29) is 22.7 Å². The summed E-state index contributed by atoms with van der Waals surface area (Å²) >= 11 is 0. The minimum atomic E-state index is -1.16. The Bertz CT molecular complexity index is 1060. The number of nitrogens with one attached hydrogen (secondary N) is 1. The van der Waals surface area contributed by atoms with E-state index < -0.39 is 17.9 Å². The molecule has 0 fully saturated rings. The standard InChI is InChI=1S/C21H18FN3O3/c1-2-25-11-10-23-20(25)17-18(12-6-8-13(22)9-7-12)24-15-5-3-4-14(21(27)28)16(15)19(17)26/h3-11,17-18,24H,2H2,1H3,(H,27,28). The molecule has 0 aliphatic carbocycles. The summed E-state index contributed by atoms with van der Waals surface area (Å²) in [5.74, 6) is -2.05. The van der Waals surface area contributed by atoms with Gasteiger partial charge in [-0.2, -0.15) is 0 Å². The Morgan fingerprint density at radius 2 is 2.00 bits per heavy atom. The van der Waals surface area contributed by atoms with Crippen molar-refractivity contribution in [2.24, 2.45) is 0 Å². The Labute approximate surface area is 160 Å². The van der Waals surface area contributed by atoms with Gasteiger partial charge >= 0.3 is 5.97 Å². The molecule has 2 atom stereocenters. The zero-order chi connectivity index (χ0) is 19.8. The number of carbonyl (C=O) groups excluding carboxylic acids is 1. The second-order valence-electron chi connectivity index (χ2n) is 6.62. The summed E-state index contributed by atoms with van der Waals surface area (Å²) in [6.45, 7) is 2.55. The third-order valence-electron chi connectivity index (χ3n) is 5.06. The first-order valence-corrected chi connectivity index (χ1v) is 8.94. The van der Waals surface area contributed by atoms with E-state index in [0.29, 0.717) is 18.1 Å². The Hall–Kier alpha value is -3.48. The number of imidazole rings is 1. The molecule has 0 saturated carbocycles. The molecule has 6 nitrogen and oxygen atoms in total. The van der Waals surface area contributed by atoms with Gasteiger partial charge in [0.1, 0.15) is 17.6 Å². The molecule has 7 heteroatoms.